The van der Waals surface area contributed by atoms with Gasteiger partial charge < -0.3 is 0 Å². The van der Waals surface area contributed by atoms with Crippen molar-refractivity contribution in [3.63, 3.8) is 0 Å². The summed E-state index contributed by atoms with van der Waals surface area (Å²) < 4.78 is 1.90. The first kappa shape index (κ1) is 7.06. The Balaban J connectivity index is 2.40. The molecule has 0 radical (unpaired) electrons. The lowest BCUT2D eigenvalue weighted by atomic mass is 10.1. The summed E-state index contributed by atoms with van der Waals surface area (Å²) in [7, 11) is 0. The van der Waals surface area contributed by atoms with Gasteiger partial charge in [0.25, 0.3) is 0 Å². The fourth-order valence-electron chi connectivity index (χ4n) is 2.06. The zero-order valence-corrected chi connectivity index (χ0v) is 7.40. The second-order valence-electron chi connectivity index (χ2n) is 3.57. The average Bonchev–Trinajstić information content (AvgIpc) is 2.44. The van der Waals surface area contributed by atoms with Crippen LogP contribution in [0.15, 0.2) is 18.3 Å². The van der Waals surface area contributed by atoms with E-state index in [1.807, 2.05) is 16.8 Å². The molecule has 0 atom stereocenters. The van der Waals surface area contributed by atoms with E-state index in [9.17, 15) is 0 Å². The van der Waals surface area contributed by atoms with Crippen molar-refractivity contribution in [3.05, 3.63) is 29.6 Å². The van der Waals surface area contributed by atoms with Gasteiger partial charge in [-0.3, -0.25) is 0 Å². The van der Waals surface area contributed by atoms with Crippen molar-refractivity contribution in [2.24, 2.45) is 0 Å². The number of hydrogen-bond acceptors (Lipinski definition) is 2. The third-order valence-electron chi connectivity index (χ3n) is 2.70. The van der Waals surface area contributed by atoms with Crippen molar-refractivity contribution in [1.29, 1.82) is 0 Å². The molecule has 0 N–H and O–H groups in total. The quantitative estimate of drug-likeness (QED) is 0.605. The van der Waals surface area contributed by atoms with Crippen LogP contribution in [-0.2, 0) is 12.8 Å². The van der Waals surface area contributed by atoms with Crippen LogP contribution in [0.2, 0.25) is 0 Å². The number of aromatic nitrogens is 3. The maximum atomic E-state index is 4.20. The van der Waals surface area contributed by atoms with Crippen molar-refractivity contribution >= 4 is 5.52 Å². The van der Waals surface area contributed by atoms with Gasteiger partial charge in [-0.2, -0.15) is 0 Å². The molecular formula is C10H11N3. The fourth-order valence-corrected chi connectivity index (χ4v) is 2.06. The van der Waals surface area contributed by atoms with Crippen LogP contribution in [0.3, 0.4) is 0 Å². The molecule has 2 aromatic heterocycles. The van der Waals surface area contributed by atoms with E-state index in [2.05, 4.69) is 16.4 Å². The molecule has 0 aliphatic heterocycles. The molecule has 0 spiro atoms. The maximum Gasteiger partial charge on any atom is 0.0928 e. The highest BCUT2D eigenvalue weighted by Crippen LogP contribution is 2.21. The standard InChI is InChI=1S/C10H11N3/c1-2-6-9-10-8(4-1)5-3-7-13(10)12-11-9/h3,5,7H,1-2,4,6H2. The summed E-state index contributed by atoms with van der Waals surface area (Å²) in [6.07, 6.45) is 6.74. The van der Waals surface area contributed by atoms with Crippen molar-refractivity contribution < 1.29 is 0 Å². The van der Waals surface area contributed by atoms with Crippen LogP contribution in [-0.4, -0.2) is 14.8 Å². The Morgan fingerprint density at radius 3 is 3.15 bits per heavy atom. The molecular weight excluding hydrogens is 162 g/mol. The van der Waals surface area contributed by atoms with Crippen LogP contribution in [0.1, 0.15) is 24.1 Å². The van der Waals surface area contributed by atoms with E-state index in [1.54, 1.807) is 0 Å². The first-order chi connectivity index (χ1) is 6.45. The van der Waals surface area contributed by atoms with E-state index in [-0.39, 0.29) is 0 Å². The average molecular weight is 173 g/mol. The van der Waals surface area contributed by atoms with Crippen molar-refractivity contribution in [1.82, 2.24) is 14.8 Å². The number of hydrogen-bond donors (Lipinski definition) is 0. The maximum absolute atomic E-state index is 4.20. The van der Waals surface area contributed by atoms with Gasteiger partial charge in [0.15, 0.2) is 0 Å². The predicted octanol–water partition coefficient (Wildman–Crippen LogP) is 1.61. The number of aryl methyl sites for hydroxylation is 2. The van der Waals surface area contributed by atoms with Gasteiger partial charge in [0.05, 0.1) is 11.2 Å². The van der Waals surface area contributed by atoms with E-state index >= 15 is 0 Å². The molecule has 3 nitrogen and oxygen atoms in total. The smallest absolute Gasteiger partial charge is 0.0928 e. The molecule has 13 heavy (non-hydrogen) atoms. The number of nitrogens with zero attached hydrogens (tertiary/aromatic N) is 3. The van der Waals surface area contributed by atoms with Gasteiger partial charge in [-0.25, -0.2) is 4.52 Å². The molecule has 66 valence electrons. The Morgan fingerprint density at radius 1 is 1.23 bits per heavy atom. The largest absolute Gasteiger partial charge is 0.220 e. The molecule has 2 heterocycles. The molecule has 0 fully saturated rings. The predicted molar refractivity (Wildman–Crippen MR) is 49.6 cm³/mol. The minimum Gasteiger partial charge on any atom is -0.220 e. The molecule has 1 aliphatic rings. The Bertz CT molecular complexity index is 444. The number of rotatable bonds is 0. The second-order valence-corrected chi connectivity index (χ2v) is 3.57. The van der Waals surface area contributed by atoms with E-state index in [1.165, 1.54) is 36.0 Å². The molecule has 2 aromatic rings. The van der Waals surface area contributed by atoms with Gasteiger partial charge in [0.2, 0.25) is 0 Å². The summed E-state index contributed by atoms with van der Waals surface area (Å²) in [6, 6.07) is 4.24. The SMILES string of the molecule is c1cc2c3c(nnn3c1)CCCC2. The zero-order valence-electron chi connectivity index (χ0n) is 7.40. The Morgan fingerprint density at radius 2 is 2.15 bits per heavy atom. The van der Waals surface area contributed by atoms with E-state index in [4.69, 9.17) is 0 Å². The molecule has 0 bridgehead atoms. The fraction of sp³-hybridized carbons (Fsp3) is 0.400. The topological polar surface area (TPSA) is 30.2 Å². The summed E-state index contributed by atoms with van der Waals surface area (Å²) in [5, 5.41) is 8.30. The van der Waals surface area contributed by atoms with Gasteiger partial charge in [0, 0.05) is 6.20 Å². The Labute approximate surface area is 76.4 Å². The Kier molecular flexibility index (Phi) is 1.39. The van der Waals surface area contributed by atoms with Crippen LogP contribution < -0.4 is 0 Å². The van der Waals surface area contributed by atoms with Crippen molar-refractivity contribution in [3.8, 4) is 0 Å². The minimum absolute atomic E-state index is 1.08. The summed E-state index contributed by atoms with van der Waals surface area (Å²) in [4.78, 5) is 0. The highest BCUT2D eigenvalue weighted by molar-refractivity contribution is 5.58. The lowest BCUT2D eigenvalue weighted by Crippen LogP contribution is -1.91. The highest BCUT2D eigenvalue weighted by atomic mass is 15.4. The van der Waals surface area contributed by atoms with Crippen molar-refractivity contribution in [2.75, 3.05) is 0 Å². The Hall–Kier alpha value is -1.38. The van der Waals surface area contributed by atoms with Crippen molar-refractivity contribution in [2.45, 2.75) is 25.7 Å². The first-order valence-electron chi connectivity index (χ1n) is 4.77. The van der Waals surface area contributed by atoms with Crippen LogP contribution in [0.5, 0.6) is 0 Å². The highest BCUT2D eigenvalue weighted by Gasteiger charge is 2.13. The molecule has 0 unspecified atom stereocenters. The van der Waals surface area contributed by atoms with Crippen LogP contribution in [0.4, 0.5) is 0 Å². The van der Waals surface area contributed by atoms with Gasteiger partial charge in [0.1, 0.15) is 0 Å². The normalized spacial score (nSPS) is 16.0. The van der Waals surface area contributed by atoms with Gasteiger partial charge in [-0.05, 0) is 37.3 Å². The van der Waals surface area contributed by atoms with Crippen LogP contribution in [0, 0.1) is 0 Å². The molecule has 3 heteroatoms. The van der Waals surface area contributed by atoms with Gasteiger partial charge >= 0.3 is 0 Å². The van der Waals surface area contributed by atoms with E-state index in [0.717, 1.165) is 6.42 Å². The minimum atomic E-state index is 1.08. The van der Waals surface area contributed by atoms with Gasteiger partial charge in [-0.1, -0.05) is 11.3 Å². The lowest BCUT2D eigenvalue weighted by Gasteiger charge is -1.99. The second kappa shape index (κ2) is 2.55. The first-order valence-corrected chi connectivity index (χ1v) is 4.77. The molecule has 0 saturated carbocycles. The molecule has 0 saturated heterocycles. The monoisotopic (exact) mass is 173 g/mol. The van der Waals surface area contributed by atoms with E-state index in [0.29, 0.717) is 0 Å². The zero-order chi connectivity index (χ0) is 8.67. The summed E-state index contributed by atoms with van der Waals surface area (Å²) in [5.74, 6) is 0. The number of pyridine rings is 1. The van der Waals surface area contributed by atoms with Crippen LogP contribution >= 0.6 is 0 Å². The summed E-state index contributed by atoms with van der Waals surface area (Å²) in [6.45, 7) is 0. The molecule has 1 aliphatic carbocycles. The summed E-state index contributed by atoms with van der Waals surface area (Å²) >= 11 is 0. The summed E-state index contributed by atoms with van der Waals surface area (Å²) in [5.41, 5.74) is 3.83. The van der Waals surface area contributed by atoms with Crippen LogP contribution in [0.25, 0.3) is 5.52 Å². The third-order valence-corrected chi connectivity index (χ3v) is 2.70. The van der Waals surface area contributed by atoms with E-state index < -0.39 is 0 Å². The van der Waals surface area contributed by atoms with Gasteiger partial charge in [-0.15, -0.1) is 5.10 Å². The lowest BCUT2D eigenvalue weighted by molar-refractivity contribution is 0.725. The molecule has 0 amide bonds. The third kappa shape index (κ3) is 0.963. The molecule has 3 rings (SSSR count). The molecule has 0 aromatic carbocycles.